The highest BCUT2D eigenvalue weighted by Gasteiger charge is 2.35. The first-order valence-corrected chi connectivity index (χ1v) is 9.87. The van der Waals surface area contributed by atoms with Gasteiger partial charge in [-0.05, 0) is 37.4 Å². The number of carboxylic acid groups (broad SMARTS) is 2. The number of aromatic nitrogens is 1. The Bertz CT molecular complexity index is 812. The number of rotatable bonds is 5. The molecule has 0 spiro atoms. The van der Waals surface area contributed by atoms with Gasteiger partial charge in [-0.1, -0.05) is 41.7 Å². The minimum atomic E-state index is -1.26. The summed E-state index contributed by atoms with van der Waals surface area (Å²) in [6.07, 6.45) is 5.94. The number of hydrogen-bond donors (Lipinski definition) is 2. The number of piperidine rings is 3. The molecule has 7 nitrogen and oxygen atoms in total. The number of benzene rings is 1. The van der Waals surface area contributed by atoms with Gasteiger partial charge in [-0.15, -0.1) is 0 Å². The summed E-state index contributed by atoms with van der Waals surface area (Å²) < 4.78 is 6.16. The van der Waals surface area contributed by atoms with E-state index in [1.165, 1.54) is 36.4 Å². The molecule has 0 aliphatic carbocycles. The van der Waals surface area contributed by atoms with Crippen LogP contribution in [0.4, 0.5) is 0 Å². The fourth-order valence-corrected chi connectivity index (χ4v) is 4.19. The van der Waals surface area contributed by atoms with Crippen LogP contribution in [0.5, 0.6) is 5.19 Å². The first kappa shape index (κ1) is 20.0. The van der Waals surface area contributed by atoms with E-state index in [9.17, 15) is 9.59 Å². The highest BCUT2D eigenvalue weighted by molar-refractivity contribution is 7.16. The number of thiazole rings is 1. The van der Waals surface area contributed by atoms with Crippen molar-refractivity contribution in [3.8, 4) is 15.6 Å². The summed E-state index contributed by atoms with van der Waals surface area (Å²) in [5.74, 6) is -1.79. The predicted octanol–water partition coefficient (Wildman–Crippen LogP) is 2.99. The first-order chi connectivity index (χ1) is 13.5. The lowest BCUT2D eigenvalue weighted by atomic mass is 9.86. The normalized spacial score (nSPS) is 23.1. The zero-order valence-corrected chi connectivity index (χ0v) is 16.0. The van der Waals surface area contributed by atoms with Crippen molar-refractivity contribution in [3.63, 3.8) is 0 Å². The lowest BCUT2D eigenvalue weighted by molar-refractivity contribution is -0.134. The van der Waals surface area contributed by atoms with E-state index in [0.717, 1.165) is 17.7 Å². The molecule has 3 fully saturated rings. The molecule has 1 atom stereocenters. The molecule has 4 heterocycles. The van der Waals surface area contributed by atoms with Crippen molar-refractivity contribution in [2.45, 2.75) is 18.9 Å². The summed E-state index contributed by atoms with van der Waals surface area (Å²) in [4.78, 5) is 27.2. The van der Waals surface area contributed by atoms with E-state index >= 15 is 0 Å². The molecule has 2 bridgehead atoms. The van der Waals surface area contributed by atoms with Crippen LogP contribution in [0.3, 0.4) is 0 Å². The highest BCUT2D eigenvalue weighted by Crippen LogP contribution is 2.34. The molecular formula is C20H22N2O5S. The van der Waals surface area contributed by atoms with Crippen LogP contribution in [-0.4, -0.2) is 57.8 Å². The van der Waals surface area contributed by atoms with Gasteiger partial charge in [-0.2, -0.15) is 0 Å². The Morgan fingerprint density at radius 2 is 1.75 bits per heavy atom. The molecule has 1 aromatic heterocycles. The Morgan fingerprint density at radius 3 is 2.29 bits per heavy atom. The van der Waals surface area contributed by atoms with Crippen molar-refractivity contribution in [1.29, 1.82) is 0 Å². The van der Waals surface area contributed by atoms with Gasteiger partial charge < -0.3 is 14.9 Å². The van der Waals surface area contributed by atoms with Gasteiger partial charge in [0.2, 0.25) is 0 Å². The highest BCUT2D eigenvalue weighted by atomic mass is 32.1. The average molecular weight is 402 g/mol. The van der Waals surface area contributed by atoms with Crippen LogP contribution in [0.2, 0.25) is 0 Å². The maximum absolute atomic E-state index is 9.55. The number of hydrogen-bond acceptors (Lipinski definition) is 6. The molecule has 3 saturated heterocycles. The van der Waals surface area contributed by atoms with Crippen molar-refractivity contribution in [1.82, 2.24) is 9.88 Å². The predicted molar refractivity (Wildman–Crippen MR) is 106 cm³/mol. The van der Waals surface area contributed by atoms with E-state index in [1.54, 1.807) is 11.3 Å². The largest absolute Gasteiger partial charge is 0.478 e. The van der Waals surface area contributed by atoms with Crippen molar-refractivity contribution < 1.29 is 24.5 Å². The standard InChI is InChI=1S/C16H18N2OS.C4H4O4/c1-2-4-13(5-3-1)15-10-17-16(20-15)19-14-11-18-8-6-12(14)7-9-18;5-3(6)1-2-4(7)8/h1-5,10,12,14H,6-9,11H2;1-2H,(H,5,6)(H,7,8)/b;2-1+. The Kier molecular flexibility index (Phi) is 6.78. The van der Waals surface area contributed by atoms with Crippen molar-refractivity contribution >= 4 is 23.3 Å². The van der Waals surface area contributed by atoms with Crippen molar-refractivity contribution in [3.05, 3.63) is 48.7 Å². The Balaban J connectivity index is 0.000000242. The summed E-state index contributed by atoms with van der Waals surface area (Å²) in [5, 5.41) is 16.4. The number of fused-ring (bicyclic) bond motifs is 3. The Morgan fingerprint density at radius 1 is 1.11 bits per heavy atom. The number of nitrogens with zero attached hydrogens (tertiary/aromatic N) is 2. The molecular weight excluding hydrogens is 380 g/mol. The van der Waals surface area contributed by atoms with E-state index < -0.39 is 11.9 Å². The third-order valence-electron chi connectivity index (χ3n) is 4.76. The quantitative estimate of drug-likeness (QED) is 0.742. The Labute approximate surface area is 166 Å². The molecule has 5 rings (SSSR count). The van der Waals surface area contributed by atoms with Crippen LogP contribution < -0.4 is 4.74 Å². The zero-order chi connectivity index (χ0) is 19.9. The minimum Gasteiger partial charge on any atom is -0.478 e. The molecule has 0 saturated carbocycles. The fraction of sp³-hybridized carbons (Fsp3) is 0.350. The lowest BCUT2D eigenvalue weighted by Gasteiger charge is -2.43. The van der Waals surface area contributed by atoms with Gasteiger partial charge in [0, 0.05) is 24.9 Å². The van der Waals surface area contributed by atoms with Gasteiger partial charge in [0.05, 0.1) is 4.88 Å². The molecule has 8 heteroatoms. The first-order valence-electron chi connectivity index (χ1n) is 9.05. The second-order valence-electron chi connectivity index (χ2n) is 6.66. The molecule has 2 N–H and O–H groups in total. The Hall–Kier alpha value is -2.71. The lowest BCUT2D eigenvalue weighted by Crippen LogP contribution is -2.52. The number of carbonyl (C=O) groups is 2. The van der Waals surface area contributed by atoms with Crippen molar-refractivity contribution in [2.24, 2.45) is 5.92 Å². The SMILES string of the molecule is O=C(O)/C=C/C(=O)O.c1ccc(-c2cnc(OC3CN4CCC3CC4)s2)cc1. The minimum absolute atomic E-state index is 0.340. The molecule has 0 radical (unpaired) electrons. The molecule has 0 amide bonds. The van der Waals surface area contributed by atoms with Crippen LogP contribution in [0.1, 0.15) is 12.8 Å². The number of carboxylic acids is 2. The van der Waals surface area contributed by atoms with Gasteiger partial charge >= 0.3 is 11.9 Å². The maximum atomic E-state index is 9.55. The van der Waals surface area contributed by atoms with E-state index in [0.29, 0.717) is 18.3 Å². The van der Waals surface area contributed by atoms with Gasteiger partial charge in [0.25, 0.3) is 5.19 Å². The number of ether oxygens (including phenoxy) is 1. The van der Waals surface area contributed by atoms with Gasteiger partial charge in [-0.3, -0.25) is 4.90 Å². The molecule has 3 aliphatic heterocycles. The third-order valence-corrected chi connectivity index (χ3v) is 5.70. The molecule has 28 heavy (non-hydrogen) atoms. The summed E-state index contributed by atoms with van der Waals surface area (Å²) >= 11 is 1.66. The smallest absolute Gasteiger partial charge is 0.328 e. The van der Waals surface area contributed by atoms with Crippen LogP contribution in [0, 0.1) is 5.92 Å². The summed E-state index contributed by atoms with van der Waals surface area (Å²) in [6.45, 7) is 3.57. The molecule has 1 aromatic carbocycles. The van der Waals surface area contributed by atoms with E-state index in [4.69, 9.17) is 14.9 Å². The zero-order valence-electron chi connectivity index (χ0n) is 15.2. The summed E-state index contributed by atoms with van der Waals surface area (Å²) in [7, 11) is 0. The second-order valence-corrected chi connectivity index (χ2v) is 7.65. The molecule has 2 aromatic rings. The average Bonchev–Trinajstić information content (AvgIpc) is 3.17. The maximum Gasteiger partial charge on any atom is 0.328 e. The topological polar surface area (TPSA) is 100.0 Å². The van der Waals surface area contributed by atoms with E-state index in [2.05, 4.69) is 34.1 Å². The third kappa shape index (κ3) is 5.64. The van der Waals surface area contributed by atoms with Crippen LogP contribution in [0.15, 0.2) is 48.7 Å². The van der Waals surface area contributed by atoms with Crippen LogP contribution in [-0.2, 0) is 9.59 Å². The molecule has 3 aliphatic rings. The van der Waals surface area contributed by atoms with Crippen LogP contribution >= 0.6 is 11.3 Å². The van der Waals surface area contributed by atoms with E-state index in [-0.39, 0.29) is 0 Å². The molecule has 148 valence electrons. The van der Waals surface area contributed by atoms with Gasteiger partial charge in [0.1, 0.15) is 6.10 Å². The van der Waals surface area contributed by atoms with Crippen LogP contribution in [0.25, 0.3) is 10.4 Å². The summed E-state index contributed by atoms with van der Waals surface area (Å²) in [5.41, 5.74) is 1.22. The van der Waals surface area contributed by atoms with E-state index in [1.807, 2.05) is 12.3 Å². The summed E-state index contributed by atoms with van der Waals surface area (Å²) in [6, 6.07) is 10.4. The van der Waals surface area contributed by atoms with Crippen molar-refractivity contribution in [2.75, 3.05) is 19.6 Å². The second kappa shape index (κ2) is 9.48. The van der Waals surface area contributed by atoms with Gasteiger partial charge in [0.15, 0.2) is 0 Å². The molecule has 1 unspecified atom stereocenters. The number of aliphatic carboxylic acids is 2. The van der Waals surface area contributed by atoms with Gasteiger partial charge in [-0.25, -0.2) is 14.6 Å². The fourth-order valence-electron chi connectivity index (χ4n) is 3.36. The monoisotopic (exact) mass is 402 g/mol.